The maximum atomic E-state index is 6.65. The molecule has 0 spiro atoms. The number of furan rings is 1. The summed E-state index contributed by atoms with van der Waals surface area (Å²) in [5.74, 6) is 0. The van der Waals surface area contributed by atoms with Crippen molar-refractivity contribution in [1.82, 2.24) is 4.57 Å². The molecule has 0 radical (unpaired) electrons. The Balaban J connectivity index is 0.885. The molecule has 1 aliphatic carbocycles. The molecule has 346 valence electrons. The molecule has 2 heterocycles. The number of fused-ring (bicyclic) bond motifs is 11. The zero-order valence-electron chi connectivity index (χ0n) is 40.4. The Morgan fingerprint density at radius 1 is 0.351 bits per heavy atom. The van der Waals surface area contributed by atoms with E-state index in [9.17, 15) is 0 Å². The summed E-state index contributed by atoms with van der Waals surface area (Å²) in [7, 11) is 0. The molecule has 0 saturated carbocycles. The number of anilines is 3. The molecule has 3 nitrogen and oxygen atoms in total. The van der Waals surface area contributed by atoms with Gasteiger partial charge in [-0.15, -0.1) is 0 Å². The smallest absolute Gasteiger partial charge is 0.143 e. The van der Waals surface area contributed by atoms with Gasteiger partial charge in [0.25, 0.3) is 0 Å². The Morgan fingerprint density at radius 2 is 0.892 bits per heavy atom. The number of aromatic nitrogens is 1. The summed E-state index contributed by atoms with van der Waals surface area (Å²) in [4.78, 5) is 2.46. The molecular weight excluding hydrogens is 897 g/mol. The molecule has 0 amide bonds. The second kappa shape index (κ2) is 16.7. The van der Waals surface area contributed by atoms with Crippen molar-refractivity contribution in [3.63, 3.8) is 0 Å². The predicted octanol–water partition coefficient (Wildman–Crippen LogP) is 19.0. The second-order valence-electron chi connectivity index (χ2n) is 19.6. The van der Waals surface area contributed by atoms with Gasteiger partial charge in [0.2, 0.25) is 0 Å². The van der Waals surface area contributed by atoms with Crippen molar-refractivity contribution in [3.8, 4) is 39.1 Å². The highest BCUT2D eigenvalue weighted by Gasteiger charge is 2.47. The summed E-state index contributed by atoms with van der Waals surface area (Å²) < 4.78 is 9.04. The fourth-order valence-corrected chi connectivity index (χ4v) is 12.4. The van der Waals surface area contributed by atoms with Crippen LogP contribution in [-0.2, 0) is 5.41 Å². The maximum Gasteiger partial charge on any atom is 0.143 e. The van der Waals surface area contributed by atoms with Gasteiger partial charge in [-0.2, -0.15) is 0 Å². The number of hydrogen-bond donors (Lipinski definition) is 0. The van der Waals surface area contributed by atoms with Gasteiger partial charge >= 0.3 is 0 Å². The van der Waals surface area contributed by atoms with E-state index in [4.69, 9.17) is 4.42 Å². The number of para-hydroxylation sites is 2. The molecule has 3 heteroatoms. The van der Waals surface area contributed by atoms with Gasteiger partial charge in [-0.05, 0) is 128 Å². The third kappa shape index (κ3) is 6.33. The first-order valence-electron chi connectivity index (χ1n) is 25.5. The average Bonchev–Trinajstić information content (AvgIpc) is 4.21. The maximum absolute atomic E-state index is 6.65. The fraction of sp³-hybridized carbons (Fsp3) is 0.0141. The minimum atomic E-state index is -0.535. The Labute approximate surface area is 429 Å². The van der Waals surface area contributed by atoms with Gasteiger partial charge in [-0.1, -0.05) is 206 Å². The van der Waals surface area contributed by atoms with E-state index in [-0.39, 0.29) is 0 Å². The van der Waals surface area contributed by atoms with Crippen molar-refractivity contribution in [2.24, 2.45) is 0 Å². The average molecular weight is 943 g/mol. The lowest BCUT2D eigenvalue weighted by molar-refractivity contribution is 0.673. The van der Waals surface area contributed by atoms with Gasteiger partial charge in [0.15, 0.2) is 0 Å². The van der Waals surface area contributed by atoms with Gasteiger partial charge in [0.1, 0.15) is 11.2 Å². The predicted molar refractivity (Wildman–Crippen MR) is 308 cm³/mol. The highest BCUT2D eigenvalue weighted by atomic mass is 16.3. The zero-order valence-corrected chi connectivity index (χ0v) is 40.4. The molecular formula is C71H46N2O. The van der Waals surface area contributed by atoms with Crippen LogP contribution in [0.1, 0.15) is 22.3 Å². The number of nitrogens with zero attached hydrogens (tertiary/aromatic N) is 2. The van der Waals surface area contributed by atoms with Gasteiger partial charge in [-0.25, -0.2) is 0 Å². The van der Waals surface area contributed by atoms with Crippen molar-refractivity contribution < 1.29 is 4.42 Å². The fourth-order valence-electron chi connectivity index (χ4n) is 12.4. The SMILES string of the molecule is c1ccc(C2(c3ccccc3)c3ccccc3-c3c(N(c4ccc(-c5cccc(-n6c7ccccc7c7ccccc76)c5)cc4)c4ccc(-c5ccc6c(c5)oc5c7ccccc7ccc65)cc4)cccc32)cc1. The molecule has 0 atom stereocenters. The van der Waals surface area contributed by atoms with Gasteiger partial charge in [-0.3, -0.25) is 0 Å². The van der Waals surface area contributed by atoms with Crippen LogP contribution in [0.15, 0.2) is 283 Å². The minimum Gasteiger partial charge on any atom is -0.455 e. The third-order valence-corrected chi connectivity index (χ3v) is 15.7. The van der Waals surface area contributed by atoms with E-state index in [0.29, 0.717) is 0 Å². The van der Waals surface area contributed by atoms with Crippen molar-refractivity contribution >= 4 is 71.6 Å². The van der Waals surface area contributed by atoms with Crippen LogP contribution in [0.2, 0.25) is 0 Å². The van der Waals surface area contributed by atoms with E-state index in [1.807, 2.05) is 0 Å². The van der Waals surface area contributed by atoms with Gasteiger partial charge in [0, 0.05) is 49.6 Å². The third-order valence-electron chi connectivity index (χ3n) is 15.7. The quantitative estimate of drug-likeness (QED) is 0.151. The molecule has 1 aliphatic rings. The van der Waals surface area contributed by atoms with Crippen LogP contribution >= 0.6 is 0 Å². The van der Waals surface area contributed by atoms with Crippen LogP contribution in [-0.4, -0.2) is 4.57 Å². The lowest BCUT2D eigenvalue weighted by Crippen LogP contribution is -2.28. The molecule has 0 saturated heterocycles. The van der Waals surface area contributed by atoms with E-state index in [2.05, 4.69) is 289 Å². The number of benzene rings is 12. The Hall–Kier alpha value is -9.70. The molecule has 15 rings (SSSR count). The first kappa shape index (κ1) is 42.0. The van der Waals surface area contributed by atoms with Crippen LogP contribution in [0.4, 0.5) is 17.1 Å². The summed E-state index contributed by atoms with van der Waals surface area (Å²) >= 11 is 0. The highest BCUT2D eigenvalue weighted by Crippen LogP contribution is 2.59. The van der Waals surface area contributed by atoms with Crippen molar-refractivity contribution in [3.05, 3.63) is 301 Å². The summed E-state index contributed by atoms with van der Waals surface area (Å²) in [6.07, 6.45) is 0. The first-order chi connectivity index (χ1) is 36.7. The summed E-state index contributed by atoms with van der Waals surface area (Å²) in [6, 6.07) is 102. The van der Waals surface area contributed by atoms with E-state index in [1.165, 1.54) is 60.6 Å². The molecule has 12 aromatic carbocycles. The largest absolute Gasteiger partial charge is 0.455 e. The molecule has 74 heavy (non-hydrogen) atoms. The molecule has 2 aromatic heterocycles. The second-order valence-corrected chi connectivity index (χ2v) is 19.6. The number of rotatable bonds is 8. The van der Waals surface area contributed by atoms with E-state index < -0.39 is 5.41 Å². The van der Waals surface area contributed by atoms with Crippen LogP contribution in [0, 0.1) is 0 Å². The molecule has 0 fully saturated rings. The molecule has 0 bridgehead atoms. The highest BCUT2D eigenvalue weighted by molar-refractivity contribution is 6.15. The number of hydrogen-bond acceptors (Lipinski definition) is 2. The topological polar surface area (TPSA) is 21.3 Å². The summed E-state index contributed by atoms with van der Waals surface area (Å²) in [5, 5.41) is 7.09. The van der Waals surface area contributed by atoms with E-state index in [0.717, 1.165) is 72.3 Å². The Morgan fingerprint density at radius 3 is 1.58 bits per heavy atom. The lowest BCUT2D eigenvalue weighted by Gasteiger charge is -2.34. The van der Waals surface area contributed by atoms with Crippen LogP contribution in [0.3, 0.4) is 0 Å². The Bertz CT molecular complexity index is 4380. The van der Waals surface area contributed by atoms with Gasteiger partial charge in [0.05, 0.1) is 22.1 Å². The van der Waals surface area contributed by atoms with Crippen molar-refractivity contribution in [2.45, 2.75) is 5.41 Å². The minimum absolute atomic E-state index is 0.535. The van der Waals surface area contributed by atoms with Gasteiger partial charge < -0.3 is 13.9 Å². The molecule has 0 N–H and O–H groups in total. The summed E-state index contributed by atoms with van der Waals surface area (Å²) in [6.45, 7) is 0. The van der Waals surface area contributed by atoms with E-state index in [1.54, 1.807) is 0 Å². The Kier molecular flexibility index (Phi) is 9.48. The molecule has 0 aliphatic heterocycles. The van der Waals surface area contributed by atoms with E-state index >= 15 is 0 Å². The standard InChI is InChI=1S/C71H46N2O/c1-3-19-52(20-4-1)71(53-21-5-2-6-22-53)63-28-12-9-27-62(63)69-64(71)29-16-32-67(69)72(55-41-35-48(36-42-55)51-38-43-60-61-44-37-49-17-7-8-24-57(49)70(61)74-68(60)46-51)54-39-33-47(34-40-54)50-18-15-23-56(45-50)73-65-30-13-10-25-58(65)59-26-11-14-31-66(59)73/h1-46H. The first-order valence-corrected chi connectivity index (χ1v) is 25.5. The monoisotopic (exact) mass is 942 g/mol. The van der Waals surface area contributed by atoms with Crippen molar-refractivity contribution in [1.29, 1.82) is 0 Å². The van der Waals surface area contributed by atoms with Crippen LogP contribution < -0.4 is 4.90 Å². The molecule has 0 unspecified atom stereocenters. The normalized spacial score (nSPS) is 12.7. The summed E-state index contributed by atoms with van der Waals surface area (Å²) in [5.41, 5.74) is 20.1. The lowest BCUT2D eigenvalue weighted by atomic mass is 9.68. The van der Waals surface area contributed by atoms with Crippen LogP contribution in [0.5, 0.6) is 0 Å². The van der Waals surface area contributed by atoms with Crippen molar-refractivity contribution in [2.75, 3.05) is 4.90 Å². The molecule has 14 aromatic rings. The van der Waals surface area contributed by atoms with Crippen LogP contribution in [0.25, 0.3) is 93.6 Å². The zero-order chi connectivity index (χ0) is 48.7.